The summed E-state index contributed by atoms with van der Waals surface area (Å²) in [6, 6.07) is 20.9. The van der Waals surface area contributed by atoms with Crippen molar-refractivity contribution in [2.45, 2.75) is 32.7 Å². The number of ether oxygens (including phenoxy) is 1. The quantitative estimate of drug-likeness (QED) is 0.499. The maximum absolute atomic E-state index is 6.03. The Hall–Kier alpha value is -2.20. The summed E-state index contributed by atoms with van der Waals surface area (Å²) in [5, 5.41) is 0. The van der Waals surface area contributed by atoms with Gasteiger partial charge in [-0.25, -0.2) is 0 Å². The van der Waals surface area contributed by atoms with Crippen LogP contribution in [0.1, 0.15) is 11.1 Å². The minimum Gasteiger partial charge on any atom is -0.519 e. The first kappa shape index (κ1) is 18.1. The molecular weight excluding hydrogens is 314 g/mol. The van der Waals surface area contributed by atoms with Crippen molar-refractivity contribution in [3.05, 3.63) is 83.9 Å². The normalized spacial score (nSPS) is 11.9. The van der Waals surface area contributed by atoms with Gasteiger partial charge in [0, 0.05) is 13.1 Å². The highest BCUT2D eigenvalue weighted by Crippen LogP contribution is 2.16. The summed E-state index contributed by atoms with van der Waals surface area (Å²) in [6.45, 7) is 8.06. The highest BCUT2D eigenvalue weighted by atomic mass is 28.4. The van der Waals surface area contributed by atoms with Crippen molar-refractivity contribution in [1.82, 2.24) is 4.90 Å². The van der Waals surface area contributed by atoms with Gasteiger partial charge in [-0.1, -0.05) is 60.7 Å². The largest absolute Gasteiger partial charge is 0.519 e. The van der Waals surface area contributed by atoms with E-state index in [9.17, 15) is 0 Å². The minimum atomic E-state index is -1.71. The number of nitrogens with zero attached hydrogens (tertiary/aromatic N) is 1. The van der Waals surface area contributed by atoms with Gasteiger partial charge in [0.1, 0.15) is 0 Å². The lowest BCUT2D eigenvalue weighted by molar-refractivity contribution is 0.134. The molecule has 0 saturated carbocycles. The maximum atomic E-state index is 6.03. The van der Waals surface area contributed by atoms with Crippen molar-refractivity contribution < 1.29 is 9.16 Å². The van der Waals surface area contributed by atoms with Gasteiger partial charge in [-0.15, -0.1) is 0 Å². The molecule has 0 aliphatic heterocycles. The van der Waals surface area contributed by atoms with E-state index in [1.807, 2.05) is 18.3 Å². The molecule has 128 valence electrons. The van der Waals surface area contributed by atoms with Gasteiger partial charge in [0.15, 0.2) is 0 Å². The first-order valence-corrected chi connectivity index (χ1v) is 11.6. The second-order valence-corrected chi connectivity index (χ2v) is 11.2. The fraction of sp³-hybridized carbons (Fsp3) is 0.300. The van der Waals surface area contributed by atoms with Crippen LogP contribution in [0.2, 0.25) is 19.6 Å². The molecule has 0 atom stereocenters. The van der Waals surface area contributed by atoms with Crippen LogP contribution in [-0.2, 0) is 22.3 Å². The lowest BCUT2D eigenvalue weighted by atomic mass is 10.2. The molecular formula is C20H27NO2Si. The lowest BCUT2D eigenvalue weighted by Crippen LogP contribution is -2.27. The molecule has 2 aromatic rings. The van der Waals surface area contributed by atoms with Crippen molar-refractivity contribution >= 4 is 8.32 Å². The maximum Gasteiger partial charge on any atom is 0.281 e. The molecule has 4 heteroatoms. The Bertz CT molecular complexity index is 594. The van der Waals surface area contributed by atoms with Crippen molar-refractivity contribution in [2.24, 2.45) is 0 Å². The van der Waals surface area contributed by atoms with Crippen molar-refractivity contribution in [3.63, 3.8) is 0 Å². The van der Waals surface area contributed by atoms with Crippen molar-refractivity contribution in [2.75, 3.05) is 7.11 Å². The number of hydrogen-bond donors (Lipinski definition) is 0. The van der Waals surface area contributed by atoms with Gasteiger partial charge < -0.3 is 14.1 Å². The molecule has 0 unspecified atom stereocenters. The second-order valence-electron chi connectivity index (χ2n) is 6.74. The molecule has 0 fully saturated rings. The summed E-state index contributed by atoms with van der Waals surface area (Å²) in [5.41, 5.74) is 2.52. The SMILES string of the molecule is CO/C(=C/N(Cc1ccccc1)Cc1ccccc1)O[Si](C)(C)C. The zero-order valence-corrected chi connectivity index (χ0v) is 16.0. The van der Waals surface area contributed by atoms with E-state index < -0.39 is 8.32 Å². The average Bonchev–Trinajstić information content (AvgIpc) is 2.55. The first-order chi connectivity index (χ1) is 11.5. The third kappa shape index (κ3) is 6.50. The lowest BCUT2D eigenvalue weighted by Gasteiger charge is -2.25. The summed E-state index contributed by atoms with van der Waals surface area (Å²) in [5.74, 6) is 0.584. The van der Waals surface area contributed by atoms with Gasteiger partial charge in [0.2, 0.25) is 8.32 Å². The monoisotopic (exact) mass is 341 g/mol. The van der Waals surface area contributed by atoms with Crippen LogP contribution in [0.3, 0.4) is 0 Å². The smallest absolute Gasteiger partial charge is 0.281 e. The molecule has 0 aromatic heterocycles. The number of rotatable bonds is 8. The molecule has 0 N–H and O–H groups in total. The van der Waals surface area contributed by atoms with Crippen molar-refractivity contribution in [1.29, 1.82) is 0 Å². The Labute approximate surface area is 146 Å². The van der Waals surface area contributed by atoms with Gasteiger partial charge in [0.05, 0.1) is 13.3 Å². The topological polar surface area (TPSA) is 21.7 Å². The van der Waals surface area contributed by atoms with Crippen LogP contribution in [0, 0.1) is 0 Å². The van der Waals surface area contributed by atoms with E-state index >= 15 is 0 Å². The number of methoxy groups -OCH3 is 1. The first-order valence-electron chi connectivity index (χ1n) is 8.23. The fourth-order valence-corrected chi connectivity index (χ4v) is 3.09. The van der Waals surface area contributed by atoms with E-state index in [1.165, 1.54) is 11.1 Å². The molecule has 0 amide bonds. The highest BCUT2D eigenvalue weighted by molar-refractivity contribution is 6.69. The molecule has 0 bridgehead atoms. The molecule has 2 rings (SSSR count). The van der Waals surface area contributed by atoms with Gasteiger partial charge in [0.25, 0.3) is 5.95 Å². The number of benzene rings is 2. The zero-order valence-electron chi connectivity index (χ0n) is 15.0. The summed E-state index contributed by atoms with van der Waals surface area (Å²) in [6.07, 6.45) is 1.98. The van der Waals surface area contributed by atoms with Crippen LogP contribution in [-0.4, -0.2) is 20.3 Å². The van der Waals surface area contributed by atoms with Crippen LogP contribution in [0.15, 0.2) is 72.8 Å². The van der Waals surface area contributed by atoms with E-state index in [-0.39, 0.29) is 0 Å². The van der Waals surface area contributed by atoms with Gasteiger partial charge in [-0.3, -0.25) is 0 Å². The second kappa shape index (κ2) is 8.59. The van der Waals surface area contributed by atoms with Gasteiger partial charge in [-0.2, -0.15) is 0 Å². The summed E-state index contributed by atoms with van der Waals surface area (Å²) >= 11 is 0. The molecule has 0 aliphatic rings. The van der Waals surface area contributed by atoms with E-state index in [0.717, 1.165) is 13.1 Å². The van der Waals surface area contributed by atoms with Crippen LogP contribution in [0.25, 0.3) is 0 Å². The van der Waals surface area contributed by atoms with E-state index in [0.29, 0.717) is 5.95 Å². The van der Waals surface area contributed by atoms with Crippen LogP contribution >= 0.6 is 0 Å². The van der Waals surface area contributed by atoms with Crippen LogP contribution in [0.4, 0.5) is 0 Å². The third-order valence-electron chi connectivity index (χ3n) is 3.35. The Balaban J connectivity index is 2.20. The Kier molecular flexibility index (Phi) is 6.50. The molecule has 24 heavy (non-hydrogen) atoms. The Morgan fingerprint density at radius 2 is 1.33 bits per heavy atom. The standard InChI is InChI=1S/C20H27NO2Si/c1-22-20(23-24(2,3)4)17-21(15-18-11-7-5-8-12-18)16-19-13-9-6-10-14-19/h5-14,17H,15-16H2,1-4H3/b20-17-. The van der Waals surface area contributed by atoms with E-state index in [2.05, 4.69) is 73.1 Å². The summed E-state index contributed by atoms with van der Waals surface area (Å²) in [7, 11) is -0.0502. The average molecular weight is 342 g/mol. The molecule has 0 heterocycles. The zero-order chi connectivity index (χ0) is 17.4. The predicted molar refractivity (Wildman–Crippen MR) is 102 cm³/mol. The molecule has 3 nitrogen and oxygen atoms in total. The van der Waals surface area contributed by atoms with Crippen molar-refractivity contribution in [3.8, 4) is 0 Å². The molecule has 0 radical (unpaired) electrons. The predicted octanol–water partition coefficient (Wildman–Crippen LogP) is 4.99. The summed E-state index contributed by atoms with van der Waals surface area (Å²) in [4.78, 5) is 2.23. The molecule has 0 saturated heterocycles. The fourth-order valence-electron chi connectivity index (χ4n) is 2.35. The molecule has 0 aliphatic carbocycles. The Morgan fingerprint density at radius 3 is 1.71 bits per heavy atom. The summed E-state index contributed by atoms with van der Waals surface area (Å²) < 4.78 is 11.5. The minimum absolute atomic E-state index is 0.584. The Morgan fingerprint density at radius 1 is 0.875 bits per heavy atom. The van der Waals surface area contributed by atoms with Gasteiger partial charge in [-0.05, 0) is 30.8 Å². The molecule has 0 spiro atoms. The molecule has 2 aromatic carbocycles. The van der Waals surface area contributed by atoms with Crippen LogP contribution in [0.5, 0.6) is 0 Å². The number of hydrogen-bond acceptors (Lipinski definition) is 3. The highest BCUT2D eigenvalue weighted by Gasteiger charge is 2.19. The van der Waals surface area contributed by atoms with E-state index in [1.54, 1.807) is 7.11 Å². The van der Waals surface area contributed by atoms with E-state index in [4.69, 9.17) is 9.16 Å². The van der Waals surface area contributed by atoms with Gasteiger partial charge >= 0.3 is 0 Å². The van der Waals surface area contributed by atoms with Crippen LogP contribution < -0.4 is 0 Å². The third-order valence-corrected chi connectivity index (χ3v) is 4.17.